The lowest BCUT2D eigenvalue weighted by atomic mass is 10.2. The summed E-state index contributed by atoms with van der Waals surface area (Å²) in [5, 5.41) is 0. The summed E-state index contributed by atoms with van der Waals surface area (Å²) in [6.45, 7) is 3.79. The second-order valence-corrected chi connectivity index (χ2v) is 11.6. The first-order valence-corrected chi connectivity index (χ1v) is 14.0. The maximum absolute atomic E-state index is 13.0. The average Bonchev–Trinajstić information content (AvgIpc) is 2.83. The quantitative estimate of drug-likeness (QED) is 0.408. The van der Waals surface area contributed by atoms with Crippen LogP contribution in [0.15, 0.2) is 88.7 Å². The number of rotatable bonds is 11. The van der Waals surface area contributed by atoms with Gasteiger partial charge in [0.1, 0.15) is 0 Å². The van der Waals surface area contributed by atoms with E-state index in [1.54, 1.807) is 54.6 Å². The summed E-state index contributed by atoms with van der Waals surface area (Å²) in [5.74, 6) is -0.324. The van der Waals surface area contributed by atoms with E-state index in [2.05, 4.69) is 9.44 Å². The van der Waals surface area contributed by atoms with Crippen LogP contribution in [0.1, 0.15) is 21.5 Å². The van der Waals surface area contributed by atoms with Crippen LogP contribution in [-0.4, -0.2) is 53.8 Å². The SMILES string of the molecule is Cc1ccc(S(=O)(=O)NCCN(CCNS(=O)(=O)c2ccc(C)cc2)C(=O)c2ccccc2)cc1. The fourth-order valence-electron chi connectivity index (χ4n) is 3.31. The van der Waals surface area contributed by atoms with Gasteiger partial charge in [0, 0.05) is 31.7 Å². The maximum atomic E-state index is 13.0. The number of aryl methyl sites for hydroxylation is 2. The van der Waals surface area contributed by atoms with Crippen molar-refractivity contribution in [2.75, 3.05) is 26.2 Å². The highest BCUT2D eigenvalue weighted by atomic mass is 32.2. The van der Waals surface area contributed by atoms with E-state index in [-0.39, 0.29) is 41.9 Å². The first-order chi connectivity index (χ1) is 16.6. The number of carbonyl (C=O) groups is 1. The van der Waals surface area contributed by atoms with Crippen molar-refractivity contribution >= 4 is 26.0 Å². The van der Waals surface area contributed by atoms with Crippen molar-refractivity contribution in [3.05, 3.63) is 95.6 Å². The Kier molecular flexibility index (Phi) is 8.79. The third-order valence-electron chi connectivity index (χ3n) is 5.32. The van der Waals surface area contributed by atoms with E-state index in [9.17, 15) is 21.6 Å². The number of nitrogens with one attached hydrogen (secondary N) is 2. The zero-order valence-corrected chi connectivity index (χ0v) is 21.3. The third kappa shape index (κ3) is 7.46. The van der Waals surface area contributed by atoms with E-state index < -0.39 is 20.0 Å². The third-order valence-corrected chi connectivity index (χ3v) is 8.27. The molecule has 0 spiro atoms. The number of hydrogen-bond donors (Lipinski definition) is 2. The highest BCUT2D eigenvalue weighted by molar-refractivity contribution is 7.89. The molecule has 0 bridgehead atoms. The molecule has 2 N–H and O–H groups in total. The van der Waals surface area contributed by atoms with Crippen molar-refractivity contribution in [1.82, 2.24) is 14.3 Å². The van der Waals surface area contributed by atoms with Gasteiger partial charge in [0.2, 0.25) is 20.0 Å². The van der Waals surface area contributed by atoms with Gasteiger partial charge in [0.05, 0.1) is 9.79 Å². The highest BCUT2D eigenvalue weighted by Crippen LogP contribution is 2.11. The maximum Gasteiger partial charge on any atom is 0.253 e. The molecule has 0 saturated carbocycles. The highest BCUT2D eigenvalue weighted by Gasteiger charge is 2.20. The Labute approximate surface area is 207 Å². The molecule has 8 nitrogen and oxygen atoms in total. The molecule has 10 heteroatoms. The van der Waals surface area contributed by atoms with Crippen molar-refractivity contribution in [2.45, 2.75) is 23.6 Å². The van der Waals surface area contributed by atoms with Gasteiger partial charge in [-0.1, -0.05) is 53.6 Å². The van der Waals surface area contributed by atoms with Gasteiger partial charge in [-0.3, -0.25) is 4.79 Å². The number of carbonyl (C=O) groups excluding carboxylic acids is 1. The largest absolute Gasteiger partial charge is 0.336 e. The van der Waals surface area contributed by atoms with Crippen LogP contribution in [0.4, 0.5) is 0 Å². The minimum Gasteiger partial charge on any atom is -0.336 e. The molecule has 0 fully saturated rings. The van der Waals surface area contributed by atoms with Crippen molar-refractivity contribution in [1.29, 1.82) is 0 Å². The molecule has 1 amide bonds. The Morgan fingerprint density at radius 2 is 1.06 bits per heavy atom. The van der Waals surface area contributed by atoms with Gasteiger partial charge >= 0.3 is 0 Å². The summed E-state index contributed by atoms with van der Waals surface area (Å²) in [5.41, 5.74) is 2.31. The van der Waals surface area contributed by atoms with E-state index in [4.69, 9.17) is 0 Å². The normalized spacial score (nSPS) is 11.8. The molecule has 0 saturated heterocycles. The minimum absolute atomic E-state index is 0.0283. The summed E-state index contributed by atoms with van der Waals surface area (Å²) >= 11 is 0. The second-order valence-electron chi connectivity index (χ2n) is 8.08. The number of amides is 1. The zero-order valence-electron chi connectivity index (χ0n) is 19.6. The minimum atomic E-state index is -3.75. The van der Waals surface area contributed by atoms with Gasteiger partial charge in [-0.15, -0.1) is 0 Å². The summed E-state index contributed by atoms with van der Waals surface area (Å²) in [4.78, 5) is 14.7. The van der Waals surface area contributed by atoms with Gasteiger partial charge in [-0.25, -0.2) is 26.3 Å². The van der Waals surface area contributed by atoms with Crippen molar-refractivity contribution < 1.29 is 21.6 Å². The molecule has 0 aliphatic heterocycles. The summed E-state index contributed by atoms with van der Waals surface area (Å²) in [6.07, 6.45) is 0. The van der Waals surface area contributed by atoms with Crippen molar-refractivity contribution in [3.8, 4) is 0 Å². The molecule has 35 heavy (non-hydrogen) atoms. The molecule has 3 rings (SSSR count). The van der Waals surface area contributed by atoms with Crippen LogP contribution in [-0.2, 0) is 20.0 Å². The summed E-state index contributed by atoms with van der Waals surface area (Å²) in [7, 11) is -7.49. The van der Waals surface area contributed by atoms with Crippen LogP contribution in [0.25, 0.3) is 0 Å². The molecule has 186 valence electrons. The van der Waals surface area contributed by atoms with Gasteiger partial charge < -0.3 is 4.90 Å². The van der Waals surface area contributed by atoms with Gasteiger partial charge in [0.25, 0.3) is 5.91 Å². The molecular weight excluding hydrogens is 486 g/mol. The Morgan fingerprint density at radius 1 is 0.657 bits per heavy atom. The van der Waals surface area contributed by atoms with Crippen LogP contribution in [0.5, 0.6) is 0 Å². The Bertz CT molecular complexity index is 1260. The van der Waals surface area contributed by atoms with Gasteiger partial charge in [0.15, 0.2) is 0 Å². The molecule has 0 aliphatic rings. The van der Waals surface area contributed by atoms with E-state index in [1.807, 2.05) is 13.8 Å². The molecular formula is C25H29N3O5S2. The van der Waals surface area contributed by atoms with E-state index in [0.29, 0.717) is 5.56 Å². The summed E-state index contributed by atoms with van der Waals surface area (Å²) in [6, 6.07) is 21.5. The van der Waals surface area contributed by atoms with Crippen LogP contribution >= 0.6 is 0 Å². The lowest BCUT2D eigenvalue weighted by Crippen LogP contribution is -2.42. The fourth-order valence-corrected chi connectivity index (χ4v) is 5.35. The lowest BCUT2D eigenvalue weighted by Gasteiger charge is -2.23. The molecule has 0 atom stereocenters. The van der Waals surface area contributed by atoms with E-state index in [0.717, 1.165) is 11.1 Å². The molecule has 0 radical (unpaired) electrons. The second kappa shape index (κ2) is 11.6. The number of benzene rings is 3. The van der Waals surface area contributed by atoms with E-state index >= 15 is 0 Å². The smallest absolute Gasteiger partial charge is 0.253 e. The van der Waals surface area contributed by atoms with Gasteiger partial charge in [-0.2, -0.15) is 0 Å². The van der Waals surface area contributed by atoms with Crippen LogP contribution in [0.3, 0.4) is 0 Å². The molecule has 0 heterocycles. The Morgan fingerprint density at radius 3 is 1.46 bits per heavy atom. The zero-order chi connectivity index (χ0) is 25.5. The fraction of sp³-hybridized carbons (Fsp3) is 0.240. The predicted octanol–water partition coefficient (Wildman–Crippen LogP) is 2.70. The first kappa shape index (κ1) is 26.6. The predicted molar refractivity (Wildman–Crippen MR) is 135 cm³/mol. The standard InChI is InChI=1S/C25H29N3O5S2/c1-20-8-12-23(13-9-20)34(30,31)26-16-18-28(25(29)22-6-4-3-5-7-22)19-17-27-35(32,33)24-14-10-21(2)11-15-24/h3-15,26-27H,16-19H2,1-2H3. The number of nitrogens with zero attached hydrogens (tertiary/aromatic N) is 1. The molecule has 0 aliphatic carbocycles. The van der Waals surface area contributed by atoms with Crippen molar-refractivity contribution in [3.63, 3.8) is 0 Å². The summed E-state index contributed by atoms with van der Waals surface area (Å²) < 4.78 is 55.4. The average molecular weight is 516 g/mol. The molecule has 3 aromatic rings. The number of sulfonamides is 2. The van der Waals surface area contributed by atoms with E-state index in [1.165, 1.54) is 29.2 Å². The first-order valence-electron chi connectivity index (χ1n) is 11.1. The van der Waals surface area contributed by atoms with Crippen LogP contribution in [0, 0.1) is 13.8 Å². The monoisotopic (exact) mass is 515 g/mol. The molecule has 0 unspecified atom stereocenters. The Balaban J connectivity index is 1.66. The molecule has 0 aromatic heterocycles. The van der Waals surface area contributed by atoms with Gasteiger partial charge in [-0.05, 0) is 50.2 Å². The van der Waals surface area contributed by atoms with Crippen LogP contribution in [0.2, 0.25) is 0 Å². The lowest BCUT2D eigenvalue weighted by molar-refractivity contribution is 0.0762. The Hall–Kier alpha value is -3.05. The van der Waals surface area contributed by atoms with Crippen LogP contribution < -0.4 is 9.44 Å². The molecule has 3 aromatic carbocycles. The van der Waals surface area contributed by atoms with Crippen molar-refractivity contribution in [2.24, 2.45) is 0 Å². The number of hydrogen-bond acceptors (Lipinski definition) is 5. The topological polar surface area (TPSA) is 113 Å².